The van der Waals surface area contributed by atoms with Crippen molar-refractivity contribution in [3.63, 3.8) is 0 Å². The topological polar surface area (TPSA) is 87.7 Å². The van der Waals surface area contributed by atoms with Gasteiger partial charge in [0.15, 0.2) is 5.84 Å². The highest BCUT2D eigenvalue weighted by Crippen LogP contribution is 2.11. The predicted octanol–water partition coefficient (Wildman–Crippen LogP) is 2.23. The van der Waals surface area contributed by atoms with Crippen LogP contribution >= 0.6 is 15.9 Å². The van der Waals surface area contributed by atoms with Crippen LogP contribution in [0.5, 0.6) is 0 Å². The molecule has 0 heterocycles. The molecule has 1 aromatic carbocycles. The Labute approximate surface area is 121 Å². The number of carbonyl (C=O) groups excluding carboxylic acids is 1. The number of oxime groups is 1. The number of rotatable bonds is 6. The Hall–Kier alpha value is -1.56. The second kappa shape index (κ2) is 7.78. The van der Waals surface area contributed by atoms with Gasteiger partial charge < -0.3 is 16.3 Å². The Kier molecular flexibility index (Phi) is 6.35. The van der Waals surface area contributed by atoms with Gasteiger partial charge in [-0.3, -0.25) is 4.79 Å². The van der Waals surface area contributed by atoms with Crippen molar-refractivity contribution in [3.05, 3.63) is 34.3 Å². The molecule has 6 heteroatoms. The first-order valence-electron chi connectivity index (χ1n) is 6.08. The van der Waals surface area contributed by atoms with E-state index in [1.165, 1.54) is 0 Å². The van der Waals surface area contributed by atoms with Gasteiger partial charge in [0.2, 0.25) is 5.91 Å². The van der Waals surface area contributed by atoms with Crippen molar-refractivity contribution >= 4 is 27.7 Å². The molecular weight excluding hydrogens is 310 g/mol. The molecule has 0 aliphatic heterocycles. The minimum absolute atomic E-state index is 0.0462. The summed E-state index contributed by atoms with van der Waals surface area (Å²) in [6.45, 7) is 2.37. The summed E-state index contributed by atoms with van der Waals surface area (Å²) in [6, 6.07) is 7.66. The fraction of sp³-hybridized carbons (Fsp3) is 0.385. The van der Waals surface area contributed by atoms with Gasteiger partial charge in [0.1, 0.15) is 0 Å². The maximum Gasteiger partial charge on any atom is 0.231 e. The van der Waals surface area contributed by atoms with Gasteiger partial charge in [0.25, 0.3) is 0 Å². The smallest absolute Gasteiger partial charge is 0.231 e. The van der Waals surface area contributed by atoms with Crippen LogP contribution in [-0.4, -0.2) is 17.0 Å². The van der Waals surface area contributed by atoms with E-state index < -0.39 is 5.92 Å². The normalized spacial score (nSPS) is 13.1. The first kappa shape index (κ1) is 15.5. The number of nitrogens with one attached hydrogen (secondary N) is 1. The van der Waals surface area contributed by atoms with E-state index in [0.717, 1.165) is 16.5 Å². The Morgan fingerprint density at radius 3 is 2.63 bits per heavy atom. The van der Waals surface area contributed by atoms with Gasteiger partial charge in [0.05, 0.1) is 5.92 Å². The zero-order valence-corrected chi connectivity index (χ0v) is 12.4. The van der Waals surface area contributed by atoms with E-state index in [9.17, 15) is 4.79 Å². The zero-order chi connectivity index (χ0) is 14.3. The molecule has 0 radical (unpaired) electrons. The summed E-state index contributed by atoms with van der Waals surface area (Å²) in [5, 5.41) is 14.4. The molecule has 0 spiro atoms. The van der Waals surface area contributed by atoms with Crippen LogP contribution < -0.4 is 11.1 Å². The number of hydrogen-bond acceptors (Lipinski definition) is 3. The number of nitrogens with zero attached hydrogens (tertiary/aromatic N) is 1. The maximum absolute atomic E-state index is 12.0. The summed E-state index contributed by atoms with van der Waals surface area (Å²) in [4.78, 5) is 12.0. The van der Waals surface area contributed by atoms with Gasteiger partial charge in [-0.1, -0.05) is 46.6 Å². The van der Waals surface area contributed by atoms with E-state index >= 15 is 0 Å². The molecule has 104 valence electrons. The lowest BCUT2D eigenvalue weighted by atomic mass is 10.0. The standard InChI is InChI=1S/C13H18BrN3O2/c1-2-3-11(12(15)17-19)13(18)16-8-9-4-6-10(14)7-5-9/h4-7,11,19H,2-3,8H2,1H3,(H2,15,17)(H,16,18). The second-order valence-electron chi connectivity index (χ2n) is 4.21. The fourth-order valence-electron chi connectivity index (χ4n) is 1.69. The summed E-state index contributed by atoms with van der Waals surface area (Å²) in [6.07, 6.45) is 1.34. The number of carbonyl (C=O) groups is 1. The Bertz CT molecular complexity index is 446. The maximum atomic E-state index is 12.0. The monoisotopic (exact) mass is 327 g/mol. The molecule has 1 aromatic rings. The molecule has 0 bridgehead atoms. The molecule has 1 atom stereocenters. The SMILES string of the molecule is CCCC(C(=O)NCc1ccc(Br)cc1)C(N)=NO. The van der Waals surface area contributed by atoms with Gasteiger partial charge in [-0.05, 0) is 24.1 Å². The summed E-state index contributed by atoms with van der Waals surface area (Å²) in [5.74, 6) is -0.847. The van der Waals surface area contributed by atoms with Crippen molar-refractivity contribution in [2.24, 2.45) is 16.8 Å². The van der Waals surface area contributed by atoms with Crippen LogP contribution in [0.4, 0.5) is 0 Å². The van der Waals surface area contributed by atoms with E-state index in [0.29, 0.717) is 13.0 Å². The lowest BCUT2D eigenvalue weighted by Gasteiger charge is -2.14. The molecular formula is C13H18BrN3O2. The highest BCUT2D eigenvalue weighted by atomic mass is 79.9. The number of benzene rings is 1. The van der Waals surface area contributed by atoms with Crippen LogP contribution in [0.3, 0.4) is 0 Å². The third kappa shape index (κ3) is 4.90. The lowest BCUT2D eigenvalue weighted by molar-refractivity contribution is -0.123. The zero-order valence-electron chi connectivity index (χ0n) is 10.8. The molecule has 1 rings (SSSR count). The van der Waals surface area contributed by atoms with Crippen LogP contribution in [0.25, 0.3) is 0 Å². The van der Waals surface area contributed by atoms with E-state index in [4.69, 9.17) is 10.9 Å². The number of amidine groups is 1. The van der Waals surface area contributed by atoms with E-state index in [1.807, 2.05) is 31.2 Å². The van der Waals surface area contributed by atoms with Crippen molar-refractivity contribution in [1.82, 2.24) is 5.32 Å². The average Bonchev–Trinajstić information content (AvgIpc) is 2.43. The highest BCUT2D eigenvalue weighted by molar-refractivity contribution is 9.10. The Balaban J connectivity index is 2.59. The van der Waals surface area contributed by atoms with Crippen molar-refractivity contribution in [2.75, 3.05) is 0 Å². The summed E-state index contributed by atoms with van der Waals surface area (Å²) >= 11 is 3.35. The molecule has 0 aliphatic rings. The highest BCUT2D eigenvalue weighted by Gasteiger charge is 2.21. The quantitative estimate of drug-likeness (QED) is 0.324. The third-order valence-corrected chi connectivity index (χ3v) is 3.27. The molecule has 1 amide bonds. The van der Waals surface area contributed by atoms with Crippen LogP contribution in [0.2, 0.25) is 0 Å². The summed E-state index contributed by atoms with van der Waals surface area (Å²) < 4.78 is 0.989. The van der Waals surface area contributed by atoms with Gasteiger partial charge in [-0.15, -0.1) is 0 Å². The fourth-order valence-corrected chi connectivity index (χ4v) is 1.95. The number of amides is 1. The first-order valence-corrected chi connectivity index (χ1v) is 6.87. The number of hydrogen-bond donors (Lipinski definition) is 3. The minimum Gasteiger partial charge on any atom is -0.409 e. The molecule has 0 saturated heterocycles. The second-order valence-corrected chi connectivity index (χ2v) is 5.13. The molecule has 0 aliphatic carbocycles. The van der Waals surface area contributed by atoms with Gasteiger partial charge >= 0.3 is 0 Å². The minimum atomic E-state index is -0.578. The van der Waals surface area contributed by atoms with E-state index in [-0.39, 0.29) is 11.7 Å². The molecule has 0 aromatic heterocycles. The number of nitrogens with two attached hydrogens (primary N) is 1. The molecule has 5 nitrogen and oxygen atoms in total. The van der Waals surface area contributed by atoms with Gasteiger partial charge in [-0.2, -0.15) is 0 Å². The molecule has 0 saturated carbocycles. The summed E-state index contributed by atoms with van der Waals surface area (Å²) in [5.41, 5.74) is 6.52. The van der Waals surface area contributed by atoms with Crippen LogP contribution in [0, 0.1) is 5.92 Å². The molecule has 4 N–H and O–H groups in total. The average molecular weight is 328 g/mol. The van der Waals surface area contributed by atoms with Crippen molar-refractivity contribution in [1.29, 1.82) is 0 Å². The van der Waals surface area contributed by atoms with E-state index in [2.05, 4.69) is 26.4 Å². The van der Waals surface area contributed by atoms with Gasteiger partial charge in [0, 0.05) is 11.0 Å². The van der Waals surface area contributed by atoms with Crippen LogP contribution in [0.1, 0.15) is 25.3 Å². The number of halogens is 1. The van der Waals surface area contributed by atoms with E-state index in [1.54, 1.807) is 0 Å². The van der Waals surface area contributed by atoms with Crippen molar-refractivity contribution < 1.29 is 10.0 Å². The lowest BCUT2D eigenvalue weighted by Crippen LogP contribution is -2.38. The summed E-state index contributed by atoms with van der Waals surface area (Å²) in [7, 11) is 0. The Morgan fingerprint density at radius 2 is 2.11 bits per heavy atom. The first-order chi connectivity index (χ1) is 9.08. The molecule has 1 unspecified atom stereocenters. The largest absolute Gasteiger partial charge is 0.409 e. The predicted molar refractivity (Wildman–Crippen MR) is 77.8 cm³/mol. The van der Waals surface area contributed by atoms with Crippen LogP contribution in [-0.2, 0) is 11.3 Å². The van der Waals surface area contributed by atoms with Gasteiger partial charge in [-0.25, -0.2) is 0 Å². The van der Waals surface area contributed by atoms with Crippen molar-refractivity contribution in [2.45, 2.75) is 26.3 Å². The molecule has 0 fully saturated rings. The van der Waals surface area contributed by atoms with Crippen LogP contribution in [0.15, 0.2) is 33.9 Å². The molecule has 19 heavy (non-hydrogen) atoms. The third-order valence-electron chi connectivity index (χ3n) is 2.75. The Morgan fingerprint density at radius 1 is 1.47 bits per heavy atom. The van der Waals surface area contributed by atoms with Crippen molar-refractivity contribution in [3.8, 4) is 0 Å².